The molecule has 0 aromatic carbocycles. The maximum atomic E-state index is 11.5. The zero-order valence-corrected chi connectivity index (χ0v) is 12.4. The molecule has 1 saturated carbocycles. The number of carbonyl (C=O) groups excluding carboxylic acids is 1. The number of hydrogen-bond acceptors (Lipinski definition) is 3. The van der Waals surface area contributed by atoms with Crippen molar-refractivity contribution in [1.29, 1.82) is 0 Å². The molecule has 1 unspecified atom stereocenters. The Morgan fingerprint density at radius 2 is 1.94 bits per heavy atom. The van der Waals surface area contributed by atoms with E-state index in [1.165, 1.54) is 12.8 Å². The van der Waals surface area contributed by atoms with E-state index in [2.05, 4.69) is 24.5 Å². The zero-order chi connectivity index (χ0) is 13.8. The van der Waals surface area contributed by atoms with Crippen molar-refractivity contribution in [3.8, 4) is 0 Å². The van der Waals surface area contributed by atoms with Crippen LogP contribution in [0.2, 0.25) is 0 Å². The van der Waals surface area contributed by atoms with Gasteiger partial charge in [-0.2, -0.15) is 0 Å². The van der Waals surface area contributed by atoms with Crippen LogP contribution in [0, 0.1) is 0 Å². The molecule has 1 rings (SSSR count). The second kappa shape index (κ2) is 6.41. The van der Waals surface area contributed by atoms with Crippen LogP contribution in [0.4, 0.5) is 4.79 Å². The summed E-state index contributed by atoms with van der Waals surface area (Å²) in [6, 6.07) is 1.39. The average molecular weight is 256 g/mol. The molecule has 0 radical (unpaired) electrons. The van der Waals surface area contributed by atoms with Gasteiger partial charge in [0.1, 0.15) is 5.60 Å². The monoisotopic (exact) mass is 256 g/mol. The predicted octanol–water partition coefficient (Wildman–Crippen LogP) is 2.82. The maximum Gasteiger partial charge on any atom is 0.407 e. The number of nitrogens with one attached hydrogen (secondary N) is 2. The van der Waals surface area contributed by atoms with Crippen LogP contribution in [-0.2, 0) is 4.74 Å². The first-order valence-electron chi connectivity index (χ1n) is 7.05. The summed E-state index contributed by atoms with van der Waals surface area (Å²) < 4.78 is 5.23. The lowest BCUT2D eigenvalue weighted by atomic mass is 9.86. The van der Waals surface area contributed by atoms with Gasteiger partial charge in [0.15, 0.2) is 0 Å². The van der Waals surface area contributed by atoms with Crippen molar-refractivity contribution in [2.75, 3.05) is 0 Å². The molecule has 4 heteroatoms. The van der Waals surface area contributed by atoms with E-state index in [4.69, 9.17) is 4.74 Å². The molecule has 0 spiro atoms. The molecule has 1 aliphatic rings. The Morgan fingerprint density at radius 1 is 1.33 bits per heavy atom. The summed E-state index contributed by atoms with van der Waals surface area (Å²) in [7, 11) is 0. The molecule has 0 heterocycles. The second-order valence-electron chi connectivity index (χ2n) is 6.37. The SMILES string of the molecule is CCCC(C)NC1CC(NC(=O)OC(C)(C)C)C1. The Morgan fingerprint density at radius 3 is 2.44 bits per heavy atom. The summed E-state index contributed by atoms with van der Waals surface area (Å²) in [6.07, 6.45) is 4.13. The molecule has 4 nitrogen and oxygen atoms in total. The number of hydrogen-bond donors (Lipinski definition) is 2. The molecular formula is C14H28N2O2. The lowest BCUT2D eigenvalue weighted by molar-refractivity contribution is 0.0463. The lowest BCUT2D eigenvalue weighted by Crippen LogP contribution is -2.54. The van der Waals surface area contributed by atoms with Crippen molar-refractivity contribution in [3.05, 3.63) is 0 Å². The van der Waals surface area contributed by atoms with Gasteiger partial charge in [-0.05, 0) is 47.0 Å². The Balaban J connectivity index is 2.13. The van der Waals surface area contributed by atoms with Gasteiger partial charge in [0, 0.05) is 18.1 Å². The van der Waals surface area contributed by atoms with E-state index in [0.717, 1.165) is 12.8 Å². The summed E-state index contributed by atoms with van der Waals surface area (Å²) in [5.41, 5.74) is -0.416. The highest BCUT2D eigenvalue weighted by Crippen LogP contribution is 2.21. The third kappa shape index (κ3) is 5.71. The van der Waals surface area contributed by atoms with E-state index in [0.29, 0.717) is 12.1 Å². The normalized spacial score (nSPS) is 25.2. The predicted molar refractivity (Wildman–Crippen MR) is 73.7 cm³/mol. The first-order valence-corrected chi connectivity index (χ1v) is 7.05. The van der Waals surface area contributed by atoms with E-state index in [1.54, 1.807) is 0 Å². The van der Waals surface area contributed by atoms with Crippen LogP contribution >= 0.6 is 0 Å². The van der Waals surface area contributed by atoms with Crippen LogP contribution in [0.5, 0.6) is 0 Å². The van der Waals surface area contributed by atoms with Crippen LogP contribution in [0.15, 0.2) is 0 Å². The fraction of sp³-hybridized carbons (Fsp3) is 0.929. The number of rotatable bonds is 5. The molecule has 1 aliphatic carbocycles. The molecule has 1 fully saturated rings. The second-order valence-corrected chi connectivity index (χ2v) is 6.37. The number of carbonyl (C=O) groups is 1. The van der Waals surface area contributed by atoms with Gasteiger partial charge in [-0.15, -0.1) is 0 Å². The van der Waals surface area contributed by atoms with Crippen molar-refractivity contribution in [2.45, 2.75) is 84.0 Å². The molecule has 0 saturated heterocycles. The molecule has 0 aromatic heterocycles. The molecular weight excluding hydrogens is 228 g/mol. The highest BCUT2D eigenvalue weighted by atomic mass is 16.6. The third-order valence-electron chi connectivity index (χ3n) is 3.10. The minimum atomic E-state index is -0.416. The standard InChI is InChI=1S/C14H28N2O2/c1-6-7-10(2)15-11-8-12(9-11)16-13(17)18-14(3,4)5/h10-12,15H,6-9H2,1-5H3,(H,16,17). The van der Waals surface area contributed by atoms with E-state index in [9.17, 15) is 4.79 Å². The summed E-state index contributed by atoms with van der Waals surface area (Å²) in [6.45, 7) is 10.1. The van der Waals surface area contributed by atoms with Gasteiger partial charge >= 0.3 is 6.09 Å². The molecule has 1 atom stereocenters. The summed E-state index contributed by atoms with van der Waals surface area (Å²) in [5, 5.41) is 6.48. The van der Waals surface area contributed by atoms with Crippen LogP contribution in [0.3, 0.4) is 0 Å². The summed E-state index contributed by atoms with van der Waals surface area (Å²) in [5.74, 6) is 0. The molecule has 0 aliphatic heterocycles. The topological polar surface area (TPSA) is 50.4 Å². The molecule has 0 aromatic rings. The van der Waals surface area contributed by atoms with Gasteiger partial charge in [-0.3, -0.25) is 0 Å². The quantitative estimate of drug-likeness (QED) is 0.795. The minimum absolute atomic E-state index is 0.270. The minimum Gasteiger partial charge on any atom is -0.444 e. The number of ether oxygens (including phenoxy) is 1. The molecule has 2 N–H and O–H groups in total. The summed E-state index contributed by atoms with van der Waals surface area (Å²) in [4.78, 5) is 11.5. The van der Waals surface area contributed by atoms with Crippen LogP contribution in [0.25, 0.3) is 0 Å². The van der Waals surface area contributed by atoms with E-state index < -0.39 is 5.60 Å². The fourth-order valence-corrected chi connectivity index (χ4v) is 2.26. The Kier molecular flexibility index (Phi) is 5.45. The number of alkyl carbamates (subject to hydrolysis) is 1. The largest absolute Gasteiger partial charge is 0.444 e. The zero-order valence-electron chi connectivity index (χ0n) is 12.4. The highest BCUT2D eigenvalue weighted by molar-refractivity contribution is 5.68. The Bertz CT molecular complexity index is 267. The van der Waals surface area contributed by atoms with Gasteiger partial charge in [0.05, 0.1) is 0 Å². The van der Waals surface area contributed by atoms with E-state index >= 15 is 0 Å². The lowest BCUT2D eigenvalue weighted by Gasteiger charge is -2.38. The Labute approximate surface area is 111 Å². The van der Waals surface area contributed by atoms with Crippen molar-refractivity contribution in [2.24, 2.45) is 0 Å². The van der Waals surface area contributed by atoms with Crippen molar-refractivity contribution in [1.82, 2.24) is 10.6 Å². The van der Waals surface area contributed by atoms with Gasteiger partial charge in [-0.1, -0.05) is 13.3 Å². The van der Waals surface area contributed by atoms with Gasteiger partial charge < -0.3 is 15.4 Å². The fourth-order valence-electron chi connectivity index (χ4n) is 2.26. The van der Waals surface area contributed by atoms with Gasteiger partial charge in [0.25, 0.3) is 0 Å². The van der Waals surface area contributed by atoms with Crippen molar-refractivity contribution < 1.29 is 9.53 Å². The smallest absolute Gasteiger partial charge is 0.407 e. The number of amides is 1. The molecule has 18 heavy (non-hydrogen) atoms. The van der Waals surface area contributed by atoms with Gasteiger partial charge in [0.2, 0.25) is 0 Å². The molecule has 0 bridgehead atoms. The van der Waals surface area contributed by atoms with Crippen molar-refractivity contribution >= 4 is 6.09 Å². The highest BCUT2D eigenvalue weighted by Gasteiger charge is 2.31. The molecule has 106 valence electrons. The first kappa shape index (κ1) is 15.3. The first-order chi connectivity index (χ1) is 8.30. The third-order valence-corrected chi connectivity index (χ3v) is 3.10. The van der Waals surface area contributed by atoms with Gasteiger partial charge in [-0.25, -0.2) is 4.79 Å². The van der Waals surface area contributed by atoms with E-state index in [1.807, 2.05) is 20.8 Å². The summed E-state index contributed by atoms with van der Waals surface area (Å²) >= 11 is 0. The van der Waals surface area contributed by atoms with Crippen LogP contribution < -0.4 is 10.6 Å². The maximum absolute atomic E-state index is 11.5. The van der Waals surface area contributed by atoms with Crippen LogP contribution in [-0.4, -0.2) is 29.8 Å². The average Bonchev–Trinajstić information content (AvgIpc) is 2.11. The molecule has 1 amide bonds. The van der Waals surface area contributed by atoms with Crippen LogP contribution in [0.1, 0.15) is 60.3 Å². The van der Waals surface area contributed by atoms with Crippen molar-refractivity contribution in [3.63, 3.8) is 0 Å². The Hall–Kier alpha value is -0.770. The van der Waals surface area contributed by atoms with E-state index in [-0.39, 0.29) is 12.1 Å².